The van der Waals surface area contributed by atoms with Crippen molar-refractivity contribution in [3.05, 3.63) is 23.8 Å². The molecule has 114 valence electrons. The third kappa shape index (κ3) is 3.39. The van der Waals surface area contributed by atoms with Gasteiger partial charge in [0, 0.05) is 38.2 Å². The lowest BCUT2D eigenvalue weighted by molar-refractivity contribution is 0.124. The number of carboxylic acid groups (broad SMARTS) is 1. The number of rotatable bonds is 4. The van der Waals surface area contributed by atoms with Gasteiger partial charge in [0.15, 0.2) is 0 Å². The zero-order valence-electron chi connectivity index (χ0n) is 11.9. The third-order valence-electron chi connectivity index (χ3n) is 3.93. The van der Waals surface area contributed by atoms with Crippen LogP contribution in [0.4, 0.5) is 4.79 Å². The summed E-state index contributed by atoms with van der Waals surface area (Å²) in [6, 6.07) is 6.09. The minimum absolute atomic E-state index is 0.153. The number of fused-ring (bicyclic) bond motifs is 1. The largest absolute Gasteiger partial charge is 0.493 e. The maximum atomic E-state index is 11.0. The second-order valence-corrected chi connectivity index (χ2v) is 5.38. The summed E-state index contributed by atoms with van der Waals surface area (Å²) in [5, 5.41) is 12.3. The molecular formula is C15H20N2O4. The number of benzene rings is 1. The van der Waals surface area contributed by atoms with Crippen LogP contribution < -0.4 is 14.8 Å². The Morgan fingerprint density at radius 2 is 2.43 bits per heavy atom. The van der Waals surface area contributed by atoms with Crippen molar-refractivity contribution < 1.29 is 19.4 Å². The lowest BCUT2D eigenvalue weighted by Crippen LogP contribution is -2.52. The Kier molecular flexibility index (Phi) is 4.15. The predicted octanol–water partition coefficient (Wildman–Crippen LogP) is 1.34. The van der Waals surface area contributed by atoms with Gasteiger partial charge in [-0.25, -0.2) is 4.79 Å². The van der Waals surface area contributed by atoms with E-state index in [1.165, 1.54) is 10.5 Å². The number of amides is 1. The molecule has 0 unspecified atom stereocenters. The fraction of sp³-hybridized carbons (Fsp3) is 0.533. The average Bonchev–Trinajstić information content (AvgIpc) is 2.95. The molecule has 6 nitrogen and oxygen atoms in total. The summed E-state index contributed by atoms with van der Waals surface area (Å²) in [5.74, 6) is 1.72. The summed E-state index contributed by atoms with van der Waals surface area (Å²) in [6.45, 7) is 3.07. The first-order chi connectivity index (χ1) is 10.2. The molecule has 1 saturated heterocycles. The topological polar surface area (TPSA) is 71.0 Å². The molecule has 6 heteroatoms. The number of hydrogen-bond donors (Lipinski definition) is 2. The first kappa shape index (κ1) is 14.0. The first-order valence-electron chi connectivity index (χ1n) is 7.32. The molecule has 0 bridgehead atoms. The van der Waals surface area contributed by atoms with Gasteiger partial charge in [-0.1, -0.05) is 6.07 Å². The van der Waals surface area contributed by atoms with Gasteiger partial charge in [-0.05, 0) is 18.1 Å². The monoisotopic (exact) mass is 292 g/mol. The molecule has 0 aliphatic carbocycles. The lowest BCUT2D eigenvalue weighted by atomic mass is 10.1. The standard InChI is InChI=1S/C15H20N2O4/c18-15(19)17-6-5-16-12(10-17)4-8-20-13-2-1-11-3-7-21-14(11)9-13/h1-2,9,12,16H,3-8,10H2,(H,18,19)/t12-/m1/s1. The Hall–Kier alpha value is -1.95. The number of ether oxygens (including phenoxy) is 2. The van der Waals surface area contributed by atoms with E-state index in [-0.39, 0.29) is 6.04 Å². The van der Waals surface area contributed by atoms with E-state index >= 15 is 0 Å². The minimum atomic E-state index is -0.849. The van der Waals surface area contributed by atoms with E-state index in [2.05, 4.69) is 5.32 Å². The number of piperazine rings is 1. The highest BCUT2D eigenvalue weighted by Gasteiger charge is 2.22. The number of nitrogens with zero attached hydrogens (tertiary/aromatic N) is 1. The van der Waals surface area contributed by atoms with Crippen molar-refractivity contribution in [1.29, 1.82) is 0 Å². The Bertz CT molecular complexity index is 520. The molecule has 0 saturated carbocycles. The van der Waals surface area contributed by atoms with Crippen molar-refractivity contribution in [2.24, 2.45) is 0 Å². The number of carbonyl (C=O) groups is 1. The van der Waals surface area contributed by atoms with Crippen LogP contribution in [0.1, 0.15) is 12.0 Å². The smallest absolute Gasteiger partial charge is 0.407 e. The van der Waals surface area contributed by atoms with Crippen LogP contribution in [0, 0.1) is 0 Å². The lowest BCUT2D eigenvalue weighted by Gasteiger charge is -2.31. The van der Waals surface area contributed by atoms with Gasteiger partial charge in [0.25, 0.3) is 0 Å². The summed E-state index contributed by atoms with van der Waals surface area (Å²) in [5.41, 5.74) is 1.23. The number of hydrogen-bond acceptors (Lipinski definition) is 4. The highest BCUT2D eigenvalue weighted by atomic mass is 16.5. The molecule has 3 rings (SSSR count). The summed E-state index contributed by atoms with van der Waals surface area (Å²) in [4.78, 5) is 12.4. The second-order valence-electron chi connectivity index (χ2n) is 5.38. The Balaban J connectivity index is 1.46. The first-order valence-corrected chi connectivity index (χ1v) is 7.32. The van der Waals surface area contributed by atoms with Crippen molar-refractivity contribution in [2.45, 2.75) is 18.9 Å². The molecule has 0 aromatic heterocycles. The second kappa shape index (κ2) is 6.22. The van der Waals surface area contributed by atoms with E-state index in [1.807, 2.05) is 18.2 Å². The van der Waals surface area contributed by atoms with Gasteiger partial charge < -0.3 is 24.8 Å². The molecule has 1 aromatic rings. The minimum Gasteiger partial charge on any atom is -0.493 e. The Labute approximate surface area is 123 Å². The van der Waals surface area contributed by atoms with Crippen LogP contribution in [0.3, 0.4) is 0 Å². The SMILES string of the molecule is O=C(O)N1CCN[C@H](CCOc2ccc3c(c2)OCC3)C1. The van der Waals surface area contributed by atoms with E-state index in [4.69, 9.17) is 14.6 Å². The van der Waals surface area contributed by atoms with Crippen LogP contribution in [-0.4, -0.2) is 55.0 Å². The van der Waals surface area contributed by atoms with Crippen molar-refractivity contribution in [3.63, 3.8) is 0 Å². The fourth-order valence-electron chi connectivity index (χ4n) is 2.75. The zero-order valence-corrected chi connectivity index (χ0v) is 11.9. The van der Waals surface area contributed by atoms with Crippen molar-refractivity contribution >= 4 is 6.09 Å². The molecule has 1 aromatic carbocycles. The highest BCUT2D eigenvalue weighted by molar-refractivity contribution is 5.65. The van der Waals surface area contributed by atoms with Gasteiger partial charge in [0.1, 0.15) is 11.5 Å². The van der Waals surface area contributed by atoms with Gasteiger partial charge in [0.05, 0.1) is 13.2 Å². The quantitative estimate of drug-likeness (QED) is 0.876. The van der Waals surface area contributed by atoms with Crippen molar-refractivity contribution in [3.8, 4) is 11.5 Å². The molecule has 21 heavy (non-hydrogen) atoms. The third-order valence-corrected chi connectivity index (χ3v) is 3.93. The van der Waals surface area contributed by atoms with Gasteiger partial charge in [-0.2, -0.15) is 0 Å². The van der Waals surface area contributed by atoms with Crippen LogP contribution in [0.15, 0.2) is 18.2 Å². The predicted molar refractivity (Wildman–Crippen MR) is 77.1 cm³/mol. The Morgan fingerprint density at radius 3 is 3.29 bits per heavy atom. The fourth-order valence-corrected chi connectivity index (χ4v) is 2.75. The maximum absolute atomic E-state index is 11.0. The van der Waals surface area contributed by atoms with Crippen molar-refractivity contribution in [1.82, 2.24) is 10.2 Å². The summed E-state index contributed by atoms with van der Waals surface area (Å²) in [6.07, 6.45) is 0.895. The molecular weight excluding hydrogens is 272 g/mol. The normalized spacial score (nSPS) is 20.8. The highest BCUT2D eigenvalue weighted by Crippen LogP contribution is 2.29. The maximum Gasteiger partial charge on any atom is 0.407 e. The van der Waals surface area contributed by atoms with E-state index in [0.29, 0.717) is 26.2 Å². The van der Waals surface area contributed by atoms with Gasteiger partial charge in [-0.3, -0.25) is 0 Å². The molecule has 2 aliphatic heterocycles. The van der Waals surface area contributed by atoms with Gasteiger partial charge >= 0.3 is 6.09 Å². The Morgan fingerprint density at radius 1 is 1.52 bits per heavy atom. The van der Waals surface area contributed by atoms with E-state index in [9.17, 15) is 4.79 Å². The van der Waals surface area contributed by atoms with Crippen LogP contribution in [0.5, 0.6) is 11.5 Å². The number of nitrogens with one attached hydrogen (secondary N) is 1. The van der Waals surface area contributed by atoms with Crippen LogP contribution in [0.25, 0.3) is 0 Å². The molecule has 1 atom stereocenters. The van der Waals surface area contributed by atoms with Crippen LogP contribution in [0.2, 0.25) is 0 Å². The van der Waals surface area contributed by atoms with Gasteiger partial charge in [-0.15, -0.1) is 0 Å². The van der Waals surface area contributed by atoms with E-state index in [0.717, 1.165) is 30.9 Å². The molecule has 2 aliphatic rings. The molecule has 2 heterocycles. The zero-order chi connectivity index (χ0) is 14.7. The average molecular weight is 292 g/mol. The van der Waals surface area contributed by atoms with Gasteiger partial charge in [0.2, 0.25) is 0 Å². The molecule has 1 amide bonds. The van der Waals surface area contributed by atoms with Crippen LogP contribution in [-0.2, 0) is 6.42 Å². The van der Waals surface area contributed by atoms with E-state index < -0.39 is 6.09 Å². The molecule has 0 radical (unpaired) electrons. The molecule has 1 fully saturated rings. The van der Waals surface area contributed by atoms with Crippen molar-refractivity contribution in [2.75, 3.05) is 32.8 Å². The summed E-state index contributed by atoms with van der Waals surface area (Å²) < 4.78 is 11.3. The summed E-state index contributed by atoms with van der Waals surface area (Å²) in [7, 11) is 0. The van der Waals surface area contributed by atoms with E-state index in [1.54, 1.807) is 0 Å². The molecule has 2 N–H and O–H groups in total. The summed E-state index contributed by atoms with van der Waals surface area (Å²) >= 11 is 0. The molecule has 0 spiro atoms. The van der Waals surface area contributed by atoms with Crippen LogP contribution >= 0.6 is 0 Å².